The van der Waals surface area contributed by atoms with Gasteiger partial charge in [0.1, 0.15) is 12.0 Å². The molecule has 3 heterocycles. The molecule has 0 N–H and O–H groups in total. The van der Waals surface area contributed by atoms with Gasteiger partial charge in [0.25, 0.3) is 5.91 Å². The quantitative estimate of drug-likeness (QED) is 0.702. The molecule has 132 valence electrons. The van der Waals surface area contributed by atoms with Crippen molar-refractivity contribution in [1.82, 2.24) is 9.88 Å². The maximum absolute atomic E-state index is 13.1. The second-order valence-electron chi connectivity index (χ2n) is 6.26. The van der Waals surface area contributed by atoms with E-state index in [1.54, 1.807) is 12.3 Å². The summed E-state index contributed by atoms with van der Waals surface area (Å²) in [5, 5.41) is 0. The molecule has 0 aliphatic carbocycles. The van der Waals surface area contributed by atoms with Crippen LogP contribution in [0.3, 0.4) is 0 Å². The van der Waals surface area contributed by atoms with Crippen LogP contribution in [0.15, 0.2) is 65.7 Å². The smallest absolute Gasteiger partial charge is 0.257 e. The Kier molecular flexibility index (Phi) is 4.44. The predicted molar refractivity (Wildman–Crippen MR) is 97.1 cm³/mol. The van der Waals surface area contributed by atoms with Gasteiger partial charge in [-0.25, -0.2) is 0 Å². The van der Waals surface area contributed by atoms with Crippen LogP contribution in [-0.4, -0.2) is 28.9 Å². The van der Waals surface area contributed by atoms with Crippen molar-refractivity contribution in [3.8, 4) is 5.75 Å². The van der Waals surface area contributed by atoms with Crippen molar-refractivity contribution in [2.24, 2.45) is 0 Å². The molecule has 1 aliphatic rings. The molecular weight excluding hydrogens is 328 g/mol. The molecule has 1 atom stereocenters. The Bertz CT molecular complexity index is 891. The number of furan rings is 1. The van der Waals surface area contributed by atoms with Crippen LogP contribution in [0.25, 0.3) is 0 Å². The number of aromatic nitrogens is 1. The van der Waals surface area contributed by atoms with Gasteiger partial charge in [0.2, 0.25) is 0 Å². The van der Waals surface area contributed by atoms with Gasteiger partial charge in [-0.05, 0) is 47.9 Å². The number of rotatable bonds is 5. The maximum atomic E-state index is 13.1. The number of fused-ring (bicyclic) bond motifs is 1. The van der Waals surface area contributed by atoms with Gasteiger partial charge in [0.15, 0.2) is 0 Å². The van der Waals surface area contributed by atoms with Gasteiger partial charge in [0, 0.05) is 25.4 Å². The number of benzene rings is 1. The number of carbonyl (C=O) groups is 1. The van der Waals surface area contributed by atoms with Crippen molar-refractivity contribution in [3.63, 3.8) is 0 Å². The standard InChI is InChI=1S/C21H20N2O3/c1-2-23(21(24)18-7-10-25-14-18)20(17-4-3-9-22-13-17)16-5-6-19-15(12-16)8-11-26-19/h3-7,9-10,12-14,20H,2,8,11H2,1H3/t20-/m0/s1. The SMILES string of the molecule is CCN(C(=O)c1ccoc1)[C@H](c1cccnc1)c1ccc2c(c1)CCO2. The number of amides is 1. The third-order valence-corrected chi connectivity index (χ3v) is 4.71. The van der Waals surface area contributed by atoms with Crippen molar-refractivity contribution < 1.29 is 13.9 Å². The summed E-state index contributed by atoms with van der Waals surface area (Å²) in [5.41, 5.74) is 3.76. The highest BCUT2D eigenvalue weighted by Crippen LogP contribution is 2.34. The molecule has 5 heteroatoms. The Hall–Kier alpha value is -3.08. The first-order valence-corrected chi connectivity index (χ1v) is 8.76. The third-order valence-electron chi connectivity index (χ3n) is 4.71. The predicted octanol–water partition coefficient (Wildman–Crippen LogP) is 3.86. The van der Waals surface area contributed by atoms with Crippen LogP contribution in [0.4, 0.5) is 0 Å². The van der Waals surface area contributed by atoms with E-state index in [2.05, 4.69) is 11.1 Å². The Morgan fingerprint density at radius 1 is 1.27 bits per heavy atom. The molecule has 4 rings (SSSR count). The number of hydrogen-bond acceptors (Lipinski definition) is 4. The number of pyridine rings is 1. The van der Waals surface area contributed by atoms with Crippen molar-refractivity contribution in [3.05, 3.63) is 83.6 Å². The maximum Gasteiger partial charge on any atom is 0.257 e. The van der Waals surface area contributed by atoms with Crippen LogP contribution < -0.4 is 4.74 Å². The molecule has 0 saturated carbocycles. The lowest BCUT2D eigenvalue weighted by Gasteiger charge is -2.31. The molecule has 0 saturated heterocycles. The van der Waals surface area contributed by atoms with Gasteiger partial charge in [-0.1, -0.05) is 12.1 Å². The van der Waals surface area contributed by atoms with E-state index in [0.717, 1.165) is 23.3 Å². The molecule has 1 amide bonds. The summed E-state index contributed by atoms with van der Waals surface area (Å²) in [6.45, 7) is 3.26. The largest absolute Gasteiger partial charge is 0.493 e. The van der Waals surface area contributed by atoms with E-state index in [4.69, 9.17) is 9.15 Å². The fraction of sp³-hybridized carbons (Fsp3) is 0.238. The van der Waals surface area contributed by atoms with Gasteiger partial charge < -0.3 is 14.1 Å². The third kappa shape index (κ3) is 2.96. The fourth-order valence-corrected chi connectivity index (χ4v) is 3.46. The molecule has 26 heavy (non-hydrogen) atoms. The average molecular weight is 348 g/mol. The Morgan fingerprint density at radius 3 is 2.92 bits per heavy atom. The van der Waals surface area contributed by atoms with E-state index in [1.165, 1.54) is 18.1 Å². The lowest BCUT2D eigenvalue weighted by Crippen LogP contribution is -2.35. The first kappa shape index (κ1) is 16.4. The second-order valence-corrected chi connectivity index (χ2v) is 6.26. The molecule has 0 unspecified atom stereocenters. The van der Waals surface area contributed by atoms with E-state index in [9.17, 15) is 4.79 Å². The van der Waals surface area contributed by atoms with Crippen molar-refractivity contribution in [2.75, 3.05) is 13.2 Å². The summed E-state index contributed by atoms with van der Waals surface area (Å²) in [6, 6.07) is 11.6. The molecular formula is C21H20N2O3. The van der Waals surface area contributed by atoms with Gasteiger partial charge in [-0.3, -0.25) is 9.78 Å². The van der Waals surface area contributed by atoms with Crippen LogP contribution >= 0.6 is 0 Å². The van der Waals surface area contributed by atoms with E-state index < -0.39 is 0 Å². The summed E-state index contributed by atoms with van der Waals surface area (Å²) in [5.74, 6) is 0.870. The van der Waals surface area contributed by atoms with Crippen LogP contribution in [-0.2, 0) is 6.42 Å². The van der Waals surface area contributed by atoms with Crippen molar-refractivity contribution in [2.45, 2.75) is 19.4 Å². The first-order valence-electron chi connectivity index (χ1n) is 8.76. The zero-order valence-electron chi connectivity index (χ0n) is 14.6. The number of hydrogen-bond donors (Lipinski definition) is 0. The topological polar surface area (TPSA) is 55.6 Å². The molecule has 2 aromatic heterocycles. The fourth-order valence-electron chi connectivity index (χ4n) is 3.46. The van der Waals surface area contributed by atoms with Gasteiger partial charge in [-0.2, -0.15) is 0 Å². The molecule has 5 nitrogen and oxygen atoms in total. The van der Waals surface area contributed by atoms with Crippen LogP contribution in [0, 0.1) is 0 Å². The highest BCUT2D eigenvalue weighted by molar-refractivity contribution is 5.94. The summed E-state index contributed by atoms with van der Waals surface area (Å²) in [7, 11) is 0. The van der Waals surface area contributed by atoms with Gasteiger partial charge in [0.05, 0.1) is 24.5 Å². The summed E-state index contributed by atoms with van der Waals surface area (Å²) in [6.07, 6.45) is 7.46. The molecule has 0 fully saturated rings. The molecule has 1 aliphatic heterocycles. The van der Waals surface area contributed by atoms with Crippen LogP contribution in [0.1, 0.15) is 40.0 Å². The van der Waals surface area contributed by atoms with Crippen molar-refractivity contribution in [1.29, 1.82) is 0 Å². The van der Waals surface area contributed by atoms with E-state index >= 15 is 0 Å². The second kappa shape index (κ2) is 7.04. The Balaban J connectivity index is 1.79. The summed E-state index contributed by atoms with van der Waals surface area (Å²) in [4.78, 5) is 19.2. The van der Waals surface area contributed by atoms with E-state index in [0.29, 0.717) is 18.7 Å². The van der Waals surface area contributed by atoms with Crippen LogP contribution in [0.5, 0.6) is 5.75 Å². The summed E-state index contributed by atoms with van der Waals surface area (Å²) >= 11 is 0. The minimum Gasteiger partial charge on any atom is -0.493 e. The average Bonchev–Trinajstić information content (AvgIpc) is 3.37. The van der Waals surface area contributed by atoms with E-state index in [1.807, 2.05) is 42.3 Å². The minimum atomic E-state index is -0.220. The van der Waals surface area contributed by atoms with Crippen molar-refractivity contribution >= 4 is 5.91 Å². The van der Waals surface area contributed by atoms with Gasteiger partial charge >= 0.3 is 0 Å². The molecule has 1 aromatic carbocycles. The Morgan fingerprint density at radius 2 is 2.19 bits per heavy atom. The Labute approximate surface area is 152 Å². The first-order chi connectivity index (χ1) is 12.8. The number of ether oxygens (including phenoxy) is 1. The summed E-state index contributed by atoms with van der Waals surface area (Å²) < 4.78 is 10.7. The minimum absolute atomic E-state index is 0.0631. The highest BCUT2D eigenvalue weighted by Gasteiger charge is 2.28. The highest BCUT2D eigenvalue weighted by atomic mass is 16.5. The molecule has 0 spiro atoms. The number of nitrogens with zero attached hydrogens (tertiary/aromatic N) is 2. The zero-order valence-corrected chi connectivity index (χ0v) is 14.6. The van der Waals surface area contributed by atoms with E-state index in [-0.39, 0.29) is 11.9 Å². The normalized spacial score (nSPS) is 13.7. The zero-order chi connectivity index (χ0) is 17.9. The molecule has 3 aromatic rings. The number of carbonyl (C=O) groups excluding carboxylic acids is 1. The molecule has 0 bridgehead atoms. The molecule has 0 radical (unpaired) electrons. The monoisotopic (exact) mass is 348 g/mol. The van der Waals surface area contributed by atoms with Gasteiger partial charge in [-0.15, -0.1) is 0 Å². The lowest BCUT2D eigenvalue weighted by atomic mass is 9.95. The van der Waals surface area contributed by atoms with Crippen LogP contribution in [0.2, 0.25) is 0 Å². The lowest BCUT2D eigenvalue weighted by molar-refractivity contribution is 0.0716.